The van der Waals surface area contributed by atoms with Gasteiger partial charge in [0.2, 0.25) is 0 Å². The minimum absolute atomic E-state index is 0.180. The standard InChI is InChI=1S/C13H19N3O2/c14-10-11-5-6-12(13(9-11)16(17)18)15-7-3-1-2-4-8-15/h5-6,9H,1-4,7-8,10,14H2. The number of nitro benzene ring substituents is 1. The number of anilines is 1. The van der Waals surface area contributed by atoms with Crippen LogP contribution in [-0.2, 0) is 6.54 Å². The van der Waals surface area contributed by atoms with E-state index in [1.165, 1.54) is 12.8 Å². The molecule has 2 rings (SSSR count). The van der Waals surface area contributed by atoms with Crippen LogP contribution in [-0.4, -0.2) is 18.0 Å². The van der Waals surface area contributed by atoms with Crippen LogP contribution in [0.15, 0.2) is 18.2 Å². The van der Waals surface area contributed by atoms with Crippen LogP contribution in [0.1, 0.15) is 31.2 Å². The third-order valence-electron chi connectivity index (χ3n) is 3.42. The molecule has 0 aliphatic carbocycles. The molecule has 98 valence electrons. The van der Waals surface area contributed by atoms with Crippen LogP contribution in [0.25, 0.3) is 0 Å². The third kappa shape index (κ3) is 2.79. The van der Waals surface area contributed by atoms with Crippen molar-refractivity contribution >= 4 is 11.4 Å². The first kappa shape index (κ1) is 12.8. The van der Waals surface area contributed by atoms with Crippen molar-refractivity contribution in [2.45, 2.75) is 32.2 Å². The number of nitro groups is 1. The summed E-state index contributed by atoms with van der Waals surface area (Å²) >= 11 is 0. The molecule has 0 spiro atoms. The van der Waals surface area contributed by atoms with Crippen molar-refractivity contribution in [3.05, 3.63) is 33.9 Å². The van der Waals surface area contributed by atoms with Crippen molar-refractivity contribution in [3.63, 3.8) is 0 Å². The van der Waals surface area contributed by atoms with Crippen molar-refractivity contribution in [2.24, 2.45) is 5.73 Å². The van der Waals surface area contributed by atoms with E-state index in [2.05, 4.69) is 4.90 Å². The molecule has 0 bridgehead atoms. The highest BCUT2D eigenvalue weighted by Gasteiger charge is 2.20. The summed E-state index contributed by atoms with van der Waals surface area (Å²) in [6.07, 6.45) is 4.64. The number of nitrogens with two attached hydrogens (primary N) is 1. The lowest BCUT2D eigenvalue weighted by Crippen LogP contribution is -2.24. The van der Waals surface area contributed by atoms with Crippen LogP contribution in [0, 0.1) is 10.1 Å². The Morgan fingerprint density at radius 2 is 1.89 bits per heavy atom. The summed E-state index contributed by atoms with van der Waals surface area (Å²) in [5, 5.41) is 11.2. The van der Waals surface area contributed by atoms with Crippen molar-refractivity contribution < 1.29 is 4.92 Å². The van der Waals surface area contributed by atoms with Gasteiger partial charge in [-0.3, -0.25) is 10.1 Å². The van der Waals surface area contributed by atoms with E-state index >= 15 is 0 Å². The summed E-state index contributed by atoms with van der Waals surface area (Å²) in [7, 11) is 0. The quantitative estimate of drug-likeness (QED) is 0.659. The van der Waals surface area contributed by atoms with Gasteiger partial charge in [-0.2, -0.15) is 0 Å². The summed E-state index contributed by atoms with van der Waals surface area (Å²) < 4.78 is 0. The zero-order valence-corrected chi connectivity index (χ0v) is 10.5. The molecule has 1 aromatic rings. The van der Waals surface area contributed by atoms with Gasteiger partial charge in [-0.15, -0.1) is 0 Å². The first-order chi connectivity index (χ1) is 8.72. The molecule has 0 atom stereocenters. The first-order valence-electron chi connectivity index (χ1n) is 6.44. The average molecular weight is 249 g/mol. The molecule has 1 aromatic carbocycles. The van der Waals surface area contributed by atoms with Crippen LogP contribution in [0.3, 0.4) is 0 Å². The molecule has 1 heterocycles. The Labute approximate surface area is 107 Å². The van der Waals surface area contributed by atoms with Gasteiger partial charge in [0.15, 0.2) is 0 Å². The number of nitrogens with zero attached hydrogens (tertiary/aromatic N) is 2. The van der Waals surface area contributed by atoms with Gasteiger partial charge >= 0.3 is 0 Å². The number of hydrogen-bond donors (Lipinski definition) is 1. The fourth-order valence-corrected chi connectivity index (χ4v) is 2.42. The summed E-state index contributed by atoms with van der Waals surface area (Å²) in [6, 6.07) is 5.32. The largest absolute Gasteiger partial charge is 0.366 e. The maximum absolute atomic E-state index is 11.2. The van der Waals surface area contributed by atoms with Gasteiger partial charge < -0.3 is 10.6 Å². The Hall–Kier alpha value is -1.62. The Morgan fingerprint density at radius 3 is 2.44 bits per heavy atom. The van der Waals surface area contributed by atoms with E-state index in [0.717, 1.165) is 37.2 Å². The molecular formula is C13H19N3O2. The second kappa shape index (κ2) is 5.82. The molecule has 1 aliphatic heterocycles. The molecule has 2 N–H and O–H groups in total. The molecule has 0 radical (unpaired) electrons. The highest BCUT2D eigenvalue weighted by molar-refractivity contribution is 5.64. The van der Waals surface area contributed by atoms with Crippen LogP contribution < -0.4 is 10.6 Å². The van der Waals surface area contributed by atoms with E-state index in [0.29, 0.717) is 6.54 Å². The monoisotopic (exact) mass is 249 g/mol. The number of hydrogen-bond acceptors (Lipinski definition) is 4. The molecule has 1 fully saturated rings. The van der Waals surface area contributed by atoms with Crippen molar-refractivity contribution in [2.75, 3.05) is 18.0 Å². The van der Waals surface area contributed by atoms with E-state index in [4.69, 9.17) is 5.73 Å². The zero-order valence-electron chi connectivity index (χ0n) is 10.5. The Bertz CT molecular complexity index is 426. The minimum atomic E-state index is -0.306. The van der Waals surface area contributed by atoms with Crippen LogP contribution >= 0.6 is 0 Å². The topological polar surface area (TPSA) is 72.4 Å². The van der Waals surface area contributed by atoms with E-state index in [-0.39, 0.29) is 10.6 Å². The average Bonchev–Trinajstić information content (AvgIpc) is 2.66. The maximum atomic E-state index is 11.2. The Balaban J connectivity index is 2.32. The predicted molar refractivity (Wildman–Crippen MR) is 71.7 cm³/mol. The van der Waals surface area contributed by atoms with Gasteiger partial charge in [-0.1, -0.05) is 18.9 Å². The van der Waals surface area contributed by atoms with E-state index in [1.807, 2.05) is 12.1 Å². The second-order valence-electron chi connectivity index (χ2n) is 4.69. The van der Waals surface area contributed by atoms with Gasteiger partial charge in [0.05, 0.1) is 4.92 Å². The van der Waals surface area contributed by atoms with Crippen LogP contribution in [0.2, 0.25) is 0 Å². The summed E-state index contributed by atoms with van der Waals surface area (Å²) in [4.78, 5) is 13.0. The van der Waals surface area contributed by atoms with Crippen molar-refractivity contribution in [1.82, 2.24) is 0 Å². The molecule has 5 nitrogen and oxygen atoms in total. The molecule has 0 saturated carbocycles. The van der Waals surface area contributed by atoms with Crippen molar-refractivity contribution in [3.8, 4) is 0 Å². The van der Waals surface area contributed by atoms with Gasteiger partial charge in [-0.05, 0) is 24.5 Å². The van der Waals surface area contributed by atoms with Crippen LogP contribution in [0.5, 0.6) is 0 Å². The first-order valence-corrected chi connectivity index (χ1v) is 6.44. The van der Waals surface area contributed by atoms with Gasteiger partial charge in [0.25, 0.3) is 5.69 Å². The molecule has 1 saturated heterocycles. The summed E-state index contributed by atoms with van der Waals surface area (Å²) in [6.45, 7) is 2.15. The van der Waals surface area contributed by atoms with Gasteiger partial charge in [0, 0.05) is 25.7 Å². The second-order valence-corrected chi connectivity index (χ2v) is 4.69. The molecule has 5 heteroatoms. The Morgan fingerprint density at radius 1 is 1.22 bits per heavy atom. The number of benzene rings is 1. The van der Waals surface area contributed by atoms with Gasteiger partial charge in [0.1, 0.15) is 5.69 Å². The molecular weight excluding hydrogens is 230 g/mol. The fraction of sp³-hybridized carbons (Fsp3) is 0.538. The van der Waals surface area contributed by atoms with E-state index in [9.17, 15) is 10.1 Å². The number of rotatable bonds is 3. The normalized spacial score (nSPS) is 16.4. The lowest BCUT2D eigenvalue weighted by Gasteiger charge is -2.22. The van der Waals surface area contributed by atoms with Crippen molar-refractivity contribution in [1.29, 1.82) is 0 Å². The summed E-state index contributed by atoms with van der Waals surface area (Å²) in [5.74, 6) is 0. The fourth-order valence-electron chi connectivity index (χ4n) is 2.42. The molecule has 0 unspecified atom stereocenters. The Kier molecular flexibility index (Phi) is 4.15. The highest BCUT2D eigenvalue weighted by atomic mass is 16.6. The smallest absolute Gasteiger partial charge is 0.292 e. The molecule has 1 aliphatic rings. The summed E-state index contributed by atoms with van der Waals surface area (Å²) in [5.41, 5.74) is 7.26. The lowest BCUT2D eigenvalue weighted by molar-refractivity contribution is -0.384. The van der Waals surface area contributed by atoms with Gasteiger partial charge in [-0.25, -0.2) is 0 Å². The van der Waals surface area contributed by atoms with E-state index < -0.39 is 0 Å². The third-order valence-corrected chi connectivity index (χ3v) is 3.42. The van der Waals surface area contributed by atoms with Crippen LogP contribution in [0.4, 0.5) is 11.4 Å². The lowest BCUT2D eigenvalue weighted by atomic mass is 10.1. The molecule has 0 aromatic heterocycles. The molecule has 0 amide bonds. The molecule has 18 heavy (non-hydrogen) atoms. The SMILES string of the molecule is NCc1ccc(N2CCCCCC2)c([N+](=O)[O-])c1. The van der Waals surface area contributed by atoms with E-state index in [1.54, 1.807) is 6.07 Å². The highest BCUT2D eigenvalue weighted by Crippen LogP contribution is 2.30. The minimum Gasteiger partial charge on any atom is -0.366 e. The maximum Gasteiger partial charge on any atom is 0.292 e. The predicted octanol–water partition coefficient (Wildman–Crippen LogP) is 2.43. The zero-order chi connectivity index (χ0) is 13.0.